The van der Waals surface area contributed by atoms with Crippen molar-refractivity contribution >= 4 is 34.8 Å². The minimum atomic E-state index is 0.390. The monoisotopic (exact) mass is 533 g/mol. The van der Waals surface area contributed by atoms with Gasteiger partial charge in [-0.2, -0.15) is 0 Å². The van der Waals surface area contributed by atoms with Gasteiger partial charge in [-0.3, -0.25) is 0 Å². The molecule has 0 bridgehead atoms. The quantitative estimate of drug-likeness (QED) is 0.376. The predicted molar refractivity (Wildman–Crippen MR) is 146 cm³/mol. The van der Waals surface area contributed by atoms with E-state index >= 15 is 0 Å². The van der Waals surface area contributed by atoms with E-state index in [9.17, 15) is 0 Å². The third-order valence-electron chi connectivity index (χ3n) is 7.52. The topological polar surface area (TPSA) is 80.3 Å². The lowest BCUT2D eigenvalue weighted by molar-refractivity contribution is 0.0595. The molecule has 7 nitrogen and oxygen atoms in total. The van der Waals surface area contributed by atoms with Crippen LogP contribution < -0.4 is 16.0 Å². The number of halogens is 2. The van der Waals surface area contributed by atoms with Crippen molar-refractivity contribution in [2.75, 3.05) is 43.5 Å². The maximum atomic E-state index is 6.56. The number of pyridine rings is 2. The number of hydrogen-bond donors (Lipinski definition) is 3. The average molecular weight is 535 g/mol. The van der Waals surface area contributed by atoms with Crippen molar-refractivity contribution in [1.82, 2.24) is 15.3 Å². The molecule has 9 heteroatoms. The van der Waals surface area contributed by atoms with Crippen LogP contribution in [0.2, 0.25) is 10.0 Å². The van der Waals surface area contributed by atoms with Crippen LogP contribution in [0.15, 0.2) is 24.4 Å². The van der Waals surface area contributed by atoms with Gasteiger partial charge in [-0.15, -0.1) is 0 Å². The number of anilines is 2. The smallest absolute Gasteiger partial charge is 0.126 e. The van der Waals surface area contributed by atoms with Gasteiger partial charge in [-0.25, -0.2) is 9.97 Å². The van der Waals surface area contributed by atoms with E-state index in [1.165, 1.54) is 19.3 Å². The number of aromatic nitrogens is 2. The molecule has 196 valence electrons. The van der Waals surface area contributed by atoms with E-state index in [1.54, 1.807) is 6.20 Å². The minimum Gasteiger partial charge on any atom is -0.381 e. The van der Waals surface area contributed by atoms with Crippen molar-refractivity contribution in [3.05, 3.63) is 34.4 Å². The third kappa shape index (κ3) is 7.01. The Kier molecular flexibility index (Phi) is 9.20. The lowest BCUT2D eigenvalue weighted by atomic mass is 9.91. The van der Waals surface area contributed by atoms with Crippen molar-refractivity contribution in [2.45, 2.75) is 69.6 Å². The summed E-state index contributed by atoms with van der Waals surface area (Å²) in [5.74, 6) is 2.10. The van der Waals surface area contributed by atoms with E-state index < -0.39 is 0 Å². The number of nitrogens with one attached hydrogen (secondary N) is 3. The molecule has 0 spiro atoms. The summed E-state index contributed by atoms with van der Waals surface area (Å²) in [5.41, 5.74) is 1.45. The largest absolute Gasteiger partial charge is 0.381 e. The molecule has 1 saturated carbocycles. The second kappa shape index (κ2) is 12.7. The molecule has 5 rings (SSSR count). The van der Waals surface area contributed by atoms with Gasteiger partial charge in [-0.1, -0.05) is 23.2 Å². The Labute approximate surface area is 224 Å². The number of hydrogen-bond acceptors (Lipinski definition) is 7. The van der Waals surface area contributed by atoms with Crippen molar-refractivity contribution in [2.24, 2.45) is 5.92 Å². The summed E-state index contributed by atoms with van der Waals surface area (Å²) in [7, 11) is 0. The van der Waals surface area contributed by atoms with E-state index in [2.05, 4.69) is 20.9 Å². The Bertz CT molecular complexity index is 990. The molecule has 0 radical (unpaired) electrons. The molecular weight excluding hydrogens is 497 g/mol. The Morgan fingerprint density at radius 1 is 0.889 bits per heavy atom. The van der Waals surface area contributed by atoms with Gasteiger partial charge in [0.2, 0.25) is 0 Å². The molecule has 1 unspecified atom stereocenters. The third-order valence-corrected chi connectivity index (χ3v) is 8.13. The fraction of sp³-hybridized carbons (Fsp3) is 0.630. The lowest BCUT2D eigenvalue weighted by Crippen LogP contribution is -2.40. The molecule has 4 heterocycles. The summed E-state index contributed by atoms with van der Waals surface area (Å²) < 4.78 is 11.3. The summed E-state index contributed by atoms with van der Waals surface area (Å²) in [6.45, 7) is 4.38. The number of nitrogens with zero attached hydrogens (tertiary/aromatic N) is 2. The van der Waals surface area contributed by atoms with Gasteiger partial charge in [0.15, 0.2) is 0 Å². The summed E-state index contributed by atoms with van der Waals surface area (Å²) >= 11 is 13.1. The molecule has 0 amide bonds. The highest BCUT2D eigenvalue weighted by Gasteiger charge is 2.24. The highest BCUT2D eigenvalue weighted by molar-refractivity contribution is 6.36. The van der Waals surface area contributed by atoms with E-state index in [-0.39, 0.29) is 0 Å². The Balaban J connectivity index is 1.18. The molecule has 3 fully saturated rings. The Morgan fingerprint density at radius 2 is 1.72 bits per heavy atom. The van der Waals surface area contributed by atoms with Crippen molar-refractivity contribution < 1.29 is 9.47 Å². The fourth-order valence-electron chi connectivity index (χ4n) is 5.40. The van der Waals surface area contributed by atoms with Crippen LogP contribution in [0.1, 0.15) is 51.4 Å². The number of rotatable bonds is 9. The second-order valence-corrected chi connectivity index (χ2v) is 11.1. The van der Waals surface area contributed by atoms with E-state index in [0.29, 0.717) is 39.8 Å². The second-order valence-electron chi connectivity index (χ2n) is 10.3. The fourth-order valence-corrected chi connectivity index (χ4v) is 5.80. The van der Waals surface area contributed by atoms with Gasteiger partial charge >= 0.3 is 0 Å². The lowest BCUT2D eigenvalue weighted by Gasteiger charge is -2.30. The highest BCUT2D eigenvalue weighted by Crippen LogP contribution is 2.34. The first-order chi connectivity index (χ1) is 17.6. The van der Waals surface area contributed by atoms with Crippen molar-refractivity contribution in [1.29, 1.82) is 0 Å². The van der Waals surface area contributed by atoms with Gasteiger partial charge in [-0.05, 0) is 75.5 Å². The number of ether oxygens (including phenoxy) is 2. The molecule has 2 atom stereocenters. The van der Waals surface area contributed by atoms with Crippen LogP contribution in [0.25, 0.3) is 11.3 Å². The van der Waals surface area contributed by atoms with Gasteiger partial charge in [0, 0.05) is 50.1 Å². The first-order valence-electron chi connectivity index (χ1n) is 13.4. The summed E-state index contributed by atoms with van der Waals surface area (Å²) in [6.07, 6.45) is 11.2. The van der Waals surface area contributed by atoms with Gasteiger partial charge < -0.3 is 25.4 Å². The zero-order valence-corrected chi connectivity index (χ0v) is 22.3. The first kappa shape index (κ1) is 26.0. The van der Waals surface area contributed by atoms with Crippen LogP contribution in [0.3, 0.4) is 0 Å². The molecular formula is C27H37Cl2N5O2. The molecule has 2 aromatic heterocycles. The summed E-state index contributed by atoms with van der Waals surface area (Å²) in [5, 5.41) is 11.9. The molecule has 0 aromatic carbocycles. The van der Waals surface area contributed by atoms with Crippen LogP contribution in [-0.4, -0.2) is 61.1 Å². The van der Waals surface area contributed by atoms with Gasteiger partial charge in [0.25, 0.3) is 0 Å². The van der Waals surface area contributed by atoms with Gasteiger partial charge in [0.1, 0.15) is 11.6 Å². The van der Waals surface area contributed by atoms with E-state index in [1.807, 2.05) is 18.2 Å². The van der Waals surface area contributed by atoms with Crippen LogP contribution in [-0.2, 0) is 9.47 Å². The van der Waals surface area contributed by atoms with E-state index in [4.69, 9.17) is 37.7 Å². The SMILES string of the molecule is Clc1cnc(NC2CCC(NC[C@H]3CCCO3)CC2)cc1-c1nc(NCC2CCCOC2)ccc1Cl. The minimum absolute atomic E-state index is 0.390. The summed E-state index contributed by atoms with van der Waals surface area (Å²) in [4.78, 5) is 9.34. The normalized spacial score (nSPS) is 26.6. The van der Waals surface area contributed by atoms with Crippen molar-refractivity contribution in [3.8, 4) is 11.3 Å². The molecule has 2 aromatic rings. The maximum Gasteiger partial charge on any atom is 0.126 e. The van der Waals surface area contributed by atoms with Crippen LogP contribution >= 0.6 is 23.2 Å². The van der Waals surface area contributed by atoms with E-state index in [0.717, 1.165) is 82.2 Å². The van der Waals surface area contributed by atoms with Crippen LogP contribution in [0, 0.1) is 5.92 Å². The van der Waals surface area contributed by atoms with Gasteiger partial charge in [0.05, 0.1) is 28.5 Å². The Morgan fingerprint density at radius 3 is 2.50 bits per heavy atom. The molecule has 3 N–H and O–H groups in total. The molecule has 36 heavy (non-hydrogen) atoms. The zero-order valence-electron chi connectivity index (χ0n) is 20.8. The highest BCUT2D eigenvalue weighted by atomic mass is 35.5. The van der Waals surface area contributed by atoms with Crippen LogP contribution in [0.4, 0.5) is 11.6 Å². The standard InChI is InChI=1S/C27H37Cl2N5O2/c28-23-9-10-25(31-14-18-3-1-11-35-17-18)34-27(23)22-13-26(32-16-24(22)29)33-20-7-5-19(6-8-20)30-15-21-4-2-12-36-21/h9-10,13,16,18-21,30H,1-8,11-12,14-15,17H2,(H,31,34)(H,32,33)/t18?,19?,20?,21-/m1/s1. The molecule has 2 aliphatic heterocycles. The average Bonchev–Trinajstić information content (AvgIpc) is 3.43. The van der Waals surface area contributed by atoms with Crippen LogP contribution in [0.5, 0.6) is 0 Å². The predicted octanol–water partition coefficient (Wildman–Crippen LogP) is 5.78. The maximum absolute atomic E-state index is 6.56. The molecule has 2 saturated heterocycles. The summed E-state index contributed by atoms with van der Waals surface area (Å²) in [6, 6.07) is 6.71. The Hall–Kier alpha value is -1.64. The molecule has 1 aliphatic carbocycles. The van der Waals surface area contributed by atoms with Crippen molar-refractivity contribution in [3.63, 3.8) is 0 Å². The molecule has 3 aliphatic rings. The first-order valence-corrected chi connectivity index (χ1v) is 14.2. The zero-order chi connectivity index (χ0) is 24.7.